The maximum atomic E-state index is 13.2. The third kappa shape index (κ3) is 32.4. The Balaban J connectivity index is 2.48. The molecule has 63 heavy (non-hydrogen) atoms. The van der Waals surface area contributed by atoms with E-state index in [4.69, 9.17) is 9.47 Å². The van der Waals surface area contributed by atoms with Gasteiger partial charge in [-0.3, -0.25) is 9.35 Å². The summed E-state index contributed by atoms with van der Waals surface area (Å²) in [7, 11) is -5.11. The predicted molar refractivity (Wildman–Crippen MR) is 252 cm³/mol. The molecule has 1 amide bonds. The van der Waals surface area contributed by atoms with Gasteiger partial charge in [-0.15, -0.1) is 0 Å². The zero-order valence-corrected chi connectivity index (χ0v) is 40.8. The van der Waals surface area contributed by atoms with Crippen LogP contribution in [0.3, 0.4) is 0 Å². The molecular weight excluding hydrogens is 827 g/mol. The van der Waals surface area contributed by atoms with E-state index in [1.807, 2.05) is 0 Å². The van der Waals surface area contributed by atoms with Crippen LogP contribution in [-0.4, -0.2) is 107 Å². The Bertz CT molecular complexity index is 1150. The van der Waals surface area contributed by atoms with Gasteiger partial charge >= 0.3 is 10.4 Å². The van der Waals surface area contributed by atoms with Gasteiger partial charge in [0.05, 0.1) is 25.4 Å². The smallest absolute Gasteiger partial charge is 0.394 e. The second kappa shape index (κ2) is 40.2. The lowest BCUT2D eigenvalue weighted by Crippen LogP contribution is -2.61. The first-order chi connectivity index (χ1) is 30.4. The molecule has 0 bridgehead atoms. The maximum absolute atomic E-state index is 13.2. The summed E-state index contributed by atoms with van der Waals surface area (Å²) in [5.74, 6) is -0.664. The van der Waals surface area contributed by atoms with Gasteiger partial charge in [0.25, 0.3) is 0 Å². The van der Waals surface area contributed by atoms with Crippen molar-refractivity contribution in [1.82, 2.24) is 5.32 Å². The molecule has 1 aliphatic heterocycles. The van der Waals surface area contributed by atoms with Crippen molar-refractivity contribution in [3.63, 3.8) is 0 Å². The molecule has 1 fully saturated rings. The van der Waals surface area contributed by atoms with E-state index in [1.165, 1.54) is 167 Å². The number of amides is 1. The Morgan fingerprint density at radius 3 is 1.27 bits per heavy atom. The number of ether oxygens (including phenoxy) is 2. The number of carbonyl (C=O) groups excluding carboxylic acids is 1. The number of hydrogen-bond donors (Lipinski definition) is 7. The van der Waals surface area contributed by atoms with Crippen molar-refractivity contribution < 1.29 is 57.0 Å². The molecule has 0 aromatic rings. The monoisotopic (exact) mass is 924 g/mol. The van der Waals surface area contributed by atoms with E-state index in [0.29, 0.717) is 19.3 Å². The molecular formula is C49H97NO12S. The minimum Gasteiger partial charge on any atom is -0.394 e. The molecule has 0 aromatic carbocycles. The fraction of sp³-hybridized carbons (Fsp3) is 0.980. The lowest BCUT2D eigenvalue weighted by molar-refractivity contribution is -0.298. The molecule has 0 saturated carbocycles. The quantitative estimate of drug-likeness (QED) is 0.0225. The number of nitrogens with one attached hydrogen (secondary N) is 1. The van der Waals surface area contributed by atoms with Crippen molar-refractivity contribution in [3.8, 4) is 0 Å². The third-order valence-electron chi connectivity index (χ3n) is 12.8. The summed E-state index contributed by atoms with van der Waals surface area (Å²) in [6.45, 7) is 3.31. The molecule has 13 nitrogen and oxygen atoms in total. The second-order valence-corrected chi connectivity index (χ2v) is 19.7. The van der Waals surface area contributed by atoms with Crippen molar-refractivity contribution in [1.29, 1.82) is 0 Å². The highest BCUT2D eigenvalue weighted by atomic mass is 32.3. The van der Waals surface area contributed by atoms with Crippen LogP contribution in [0.2, 0.25) is 0 Å². The molecule has 0 aromatic heterocycles. The molecule has 0 spiro atoms. The molecule has 14 heteroatoms. The molecule has 7 N–H and O–H groups in total. The summed E-state index contributed by atoms with van der Waals surface area (Å²) in [4.78, 5) is 13.2. The number of carbonyl (C=O) groups is 1. The van der Waals surface area contributed by atoms with Gasteiger partial charge in [-0.1, -0.05) is 232 Å². The van der Waals surface area contributed by atoms with E-state index in [0.717, 1.165) is 38.5 Å². The molecule has 8 unspecified atom stereocenters. The van der Waals surface area contributed by atoms with Crippen molar-refractivity contribution >= 4 is 16.3 Å². The van der Waals surface area contributed by atoms with E-state index in [9.17, 15) is 43.3 Å². The standard InChI is InChI=1S/C49H97NO12S/c1-3-5-7-9-11-13-15-17-19-21-22-24-25-27-29-31-33-35-37-42(52)41(40-60-49-46(55)47(62-63(57,58)59)45(54)44(39-51)61-49)50-48(56)43(53)38-36-34-32-30-28-26-23-20-18-16-14-12-10-8-6-4-2/h41-47,49,51-55H,3-40H2,1-2H3,(H,50,56)(H,57,58,59). The second-order valence-electron chi connectivity index (χ2n) is 18.6. The SMILES string of the molecule is CCCCCCCCCCCCCCCCCCCCC(O)C(COC1OC(CO)C(O)C(OS(=O)(=O)O)C1O)NC(=O)C(O)CCCCCCCCCCCCCCCCCC. The van der Waals surface area contributed by atoms with Crippen LogP contribution in [0.5, 0.6) is 0 Å². The van der Waals surface area contributed by atoms with Crippen LogP contribution in [-0.2, 0) is 28.9 Å². The van der Waals surface area contributed by atoms with Gasteiger partial charge in [0.15, 0.2) is 6.29 Å². The first-order valence-corrected chi connectivity index (χ1v) is 27.4. The summed E-state index contributed by atoms with van der Waals surface area (Å²) in [5, 5.41) is 55.5. The fourth-order valence-electron chi connectivity index (χ4n) is 8.64. The highest BCUT2D eigenvalue weighted by Crippen LogP contribution is 2.26. The van der Waals surface area contributed by atoms with Gasteiger partial charge in [-0.2, -0.15) is 8.42 Å². The summed E-state index contributed by atoms with van der Waals surface area (Å²) in [6, 6.07) is -1.03. The molecule has 1 saturated heterocycles. The highest BCUT2D eigenvalue weighted by molar-refractivity contribution is 7.80. The van der Waals surface area contributed by atoms with Crippen LogP contribution in [0.1, 0.15) is 245 Å². The summed E-state index contributed by atoms with van der Waals surface area (Å²) >= 11 is 0. The van der Waals surface area contributed by atoms with Gasteiger partial charge in [0, 0.05) is 0 Å². The molecule has 0 radical (unpaired) electrons. The Hall–Kier alpha value is -0.940. The minimum absolute atomic E-state index is 0.266. The topological polar surface area (TPSA) is 212 Å². The van der Waals surface area contributed by atoms with Crippen molar-refractivity contribution in [2.45, 2.75) is 294 Å². The third-order valence-corrected chi connectivity index (χ3v) is 13.2. The average molecular weight is 924 g/mol. The highest BCUT2D eigenvalue weighted by Gasteiger charge is 2.48. The molecule has 1 rings (SSSR count). The lowest BCUT2D eigenvalue weighted by Gasteiger charge is -2.41. The maximum Gasteiger partial charge on any atom is 0.397 e. The summed E-state index contributed by atoms with van der Waals surface area (Å²) in [6.07, 6.45) is 31.3. The fourth-order valence-corrected chi connectivity index (χ4v) is 9.15. The number of hydrogen-bond acceptors (Lipinski definition) is 11. The average Bonchev–Trinajstić information content (AvgIpc) is 3.25. The van der Waals surface area contributed by atoms with Gasteiger partial charge in [0.2, 0.25) is 5.91 Å². The largest absolute Gasteiger partial charge is 0.397 e. The van der Waals surface area contributed by atoms with Gasteiger partial charge in [0.1, 0.15) is 30.5 Å². The molecule has 1 aliphatic rings. The van der Waals surface area contributed by atoms with Crippen LogP contribution in [0.25, 0.3) is 0 Å². The minimum atomic E-state index is -5.11. The van der Waals surface area contributed by atoms with Crippen molar-refractivity contribution in [3.05, 3.63) is 0 Å². The van der Waals surface area contributed by atoms with E-state index in [2.05, 4.69) is 23.3 Å². The van der Waals surface area contributed by atoms with Gasteiger partial charge in [-0.05, 0) is 12.8 Å². The number of rotatable bonds is 45. The molecule has 376 valence electrons. The Morgan fingerprint density at radius 2 is 0.921 bits per heavy atom. The molecule has 1 heterocycles. The van der Waals surface area contributed by atoms with E-state index in [-0.39, 0.29) is 6.42 Å². The van der Waals surface area contributed by atoms with Gasteiger partial charge < -0.3 is 40.3 Å². The van der Waals surface area contributed by atoms with Crippen LogP contribution >= 0.6 is 0 Å². The molecule has 0 aliphatic carbocycles. The molecule has 8 atom stereocenters. The first-order valence-electron chi connectivity index (χ1n) is 26.0. The lowest BCUT2D eigenvalue weighted by atomic mass is 9.99. The Kier molecular flexibility index (Phi) is 38.3. The summed E-state index contributed by atoms with van der Waals surface area (Å²) < 4.78 is 47.7. The number of aliphatic hydroxyl groups is 5. The van der Waals surface area contributed by atoms with Crippen LogP contribution in [0.15, 0.2) is 0 Å². The predicted octanol–water partition coefficient (Wildman–Crippen LogP) is 9.92. The van der Waals surface area contributed by atoms with Crippen LogP contribution < -0.4 is 5.32 Å². The van der Waals surface area contributed by atoms with E-state index >= 15 is 0 Å². The summed E-state index contributed by atoms with van der Waals surface area (Å²) in [5.41, 5.74) is 0. The number of unbranched alkanes of at least 4 members (excludes halogenated alkanes) is 32. The number of aliphatic hydroxyl groups excluding tert-OH is 5. The zero-order chi connectivity index (χ0) is 46.4. The van der Waals surface area contributed by atoms with Crippen LogP contribution in [0.4, 0.5) is 0 Å². The Morgan fingerprint density at radius 1 is 0.571 bits per heavy atom. The van der Waals surface area contributed by atoms with E-state index in [1.54, 1.807) is 0 Å². The van der Waals surface area contributed by atoms with Crippen molar-refractivity contribution in [2.75, 3.05) is 13.2 Å². The van der Waals surface area contributed by atoms with Crippen LogP contribution in [0, 0.1) is 0 Å². The normalized spacial score (nSPS) is 20.8. The Labute approximate surface area is 384 Å². The van der Waals surface area contributed by atoms with Crippen molar-refractivity contribution in [2.24, 2.45) is 0 Å². The van der Waals surface area contributed by atoms with E-state index < -0.39 is 78.5 Å². The first kappa shape index (κ1) is 60.1. The van der Waals surface area contributed by atoms with Gasteiger partial charge in [-0.25, -0.2) is 4.18 Å². The zero-order valence-electron chi connectivity index (χ0n) is 40.0.